The summed E-state index contributed by atoms with van der Waals surface area (Å²) in [5, 5.41) is 5.19. The van der Waals surface area contributed by atoms with Crippen molar-refractivity contribution in [1.82, 2.24) is 0 Å². The molecule has 1 aromatic carbocycles. The van der Waals surface area contributed by atoms with Gasteiger partial charge in [-0.25, -0.2) is 0 Å². The Morgan fingerprint density at radius 3 is 3.18 bits per heavy atom. The van der Waals surface area contributed by atoms with E-state index in [2.05, 4.69) is 29.7 Å². The van der Waals surface area contributed by atoms with Gasteiger partial charge in [-0.15, -0.1) is 11.8 Å². The molecule has 2 rings (SSSR count). The van der Waals surface area contributed by atoms with Crippen molar-refractivity contribution in [3.63, 3.8) is 0 Å². The molecule has 0 nitrogen and oxygen atoms in total. The zero-order valence-corrected chi connectivity index (χ0v) is 7.54. The summed E-state index contributed by atoms with van der Waals surface area (Å²) < 4.78 is 0. The van der Waals surface area contributed by atoms with E-state index in [1.54, 1.807) is 23.5 Å². The molecular weight excluding hydrogens is 172 g/mol. The number of rotatable bonds is 0. The van der Waals surface area contributed by atoms with Gasteiger partial charge in [0.1, 0.15) is 0 Å². The minimum Gasteiger partial charge on any atom is -0.128 e. The summed E-state index contributed by atoms with van der Waals surface area (Å²) in [7, 11) is 0. The van der Waals surface area contributed by atoms with Gasteiger partial charge in [-0.1, -0.05) is 30.0 Å². The molecule has 0 aromatic heterocycles. The van der Waals surface area contributed by atoms with E-state index in [0.29, 0.717) is 0 Å². The lowest BCUT2D eigenvalue weighted by molar-refractivity contribution is 1.28. The van der Waals surface area contributed by atoms with E-state index in [1.165, 1.54) is 10.5 Å². The first kappa shape index (κ1) is 7.32. The third-order valence-electron chi connectivity index (χ3n) is 1.51. The molecular formula is C9H7S2. The van der Waals surface area contributed by atoms with Gasteiger partial charge >= 0.3 is 0 Å². The summed E-state index contributed by atoms with van der Waals surface area (Å²) in [5.41, 5.74) is 1.42. The third-order valence-corrected chi connectivity index (χ3v) is 3.28. The SMILES string of the molecule is [C]1=CSCc2ccccc2S1. The molecule has 0 bridgehead atoms. The molecule has 0 saturated heterocycles. The number of benzene rings is 1. The predicted octanol–water partition coefficient (Wildman–Crippen LogP) is 3.30. The average Bonchev–Trinajstić information content (AvgIpc) is 2.28. The lowest BCUT2D eigenvalue weighted by atomic mass is 10.2. The molecule has 2 heteroatoms. The van der Waals surface area contributed by atoms with E-state index >= 15 is 0 Å². The molecule has 0 amide bonds. The lowest BCUT2D eigenvalue weighted by Crippen LogP contribution is -1.80. The van der Waals surface area contributed by atoms with Crippen LogP contribution in [0.3, 0.4) is 0 Å². The highest BCUT2D eigenvalue weighted by molar-refractivity contribution is 8.05. The molecule has 1 aliphatic heterocycles. The number of hydrogen-bond acceptors (Lipinski definition) is 2. The maximum absolute atomic E-state index is 3.16. The average molecular weight is 179 g/mol. The van der Waals surface area contributed by atoms with Gasteiger partial charge < -0.3 is 0 Å². The lowest BCUT2D eigenvalue weighted by Gasteiger charge is -2.00. The summed E-state index contributed by atoms with van der Waals surface area (Å²) in [4.78, 5) is 1.34. The quantitative estimate of drug-likeness (QED) is 0.599. The Kier molecular flexibility index (Phi) is 2.24. The van der Waals surface area contributed by atoms with E-state index in [1.807, 2.05) is 5.41 Å². The predicted molar refractivity (Wildman–Crippen MR) is 51.4 cm³/mol. The maximum atomic E-state index is 3.16. The normalized spacial score (nSPS) is 15.6. The van der Waals surface area contributed by atoms with Gasteiger partial charge in [-0.05, 0) is 17.0 Å². The number of thioether (sulfide) groups is 2. The molecule has 55 valence electrons. The van der Waals surface area contributed by atoms with Crippen LogP contribution < -0.4 is 0 Å². The van der Waals surface area contributed by atoms with Crippen molar-refractivity contribution < 1.29 is 0 Å². The molecule has 0 spiro atoms. The fourth-order valence-corrected chi connectivity index (χ4v) is 2.59. The first-order valence-corrected chi connectivity index (χ1v) is 5.27. The topological polar surface area (TPSA) is 0 Å². The second-order valence-corrected chi connectivity index (χ2v) is 3.99. The molecule has 0 fully saturated rings. The van der Waals surface area contributed by atoms with Crippen LogP contribution in [0.15, 0.2) is 34.6 Å². The highest BCUT2D eigenvalue weighted by atomic mass is 32.2. The first-order chi connectivity index (χ1) is 5.47. The fourth-order valence-electron chi connectivity index (χ4n) is 0.976. The van der Waals surface area contributed by atoms with Gasteiger partial charge in [0.05, 0.1) is 0 Å². The molecule has 1 heterocycles. The van der Waals surface area contributed by atoms with Crippen LogP contribution >= 0.6 is 23.5 Å². The molecule has 0 N–H and O–H groups in total. The minimum absolute atomic E-state index is 1.08. The van der Waals surface area contributed by atoms with Crippen LogP contribution in [0.4, 0.5) is 0 Å². The standard InChI is InChI=1S/C9H7S2/c1-2-4-9-8(3-1)7-10-5-6-11-9/h1-5H,7H2. The molecule has 0 unspecified atom stereocenters. The van der Waals surface area contributed by atoms with Crippen LogP contribution in [0.2, 0.25) is 0 Å². The zero-order chi connectivity index (χ0) is 7.52. The van der Waals surface area contributed by atoms with Crippen molar-refractivity contribution >= 4 is 23.5 Å². The Morgan fingerprint density at radius 2 is 2.18 bits per heavy atom. The first-order valence-electron chi connectivity index (χ1n) is 3.40. The monoisotopic (exact) mass is 179 g/mol. The van der Waals surface area contributed by atoms with Crippen molar-refractivity contribution in [2.75, 3.05) is 0 Å². The number of fused-ring (bicyclic) bond motifs is 1. The Morgan fingerprint density at radius 1 is 1.27 bits per heavy atom. The third kappa shape index (κ3) is 1.63. The summed E-state index contributed by atoms with van der Waals surface area (Å²) in [6.07, 6.45) is 0. The van der Waals surface area contributed by atoms with Gasteiger partial charge in [0, 0.05) is 16.1 Å². The fraction of sp³-hybridized carbons (Fsp3) is 0.111. The molecule has 0 aliphatic carbocycles. The molecule has 0 atom stereocenters. The maximum Gasteiger partial charge on any atom is 0.0330 e. The Labute approximate surface area is 75.1 Å². The van der Waals surface area contributed by atoms with E-state index in [-0.39, 0.29) is 0 Å². The van der Waals surface area contributed by atoms with Gasteiger partial charge in [0.2, 0.25) is 0 Å². The Bertz CT molecular complexity index is 279. The molecule has 0 saturated carbocycles. The Balaban J connectivity index is 2.40. The number of hydrogen-bond donors (Lipinski definition) is 0. The van der Waals surface area contributed by atoms with Crippen LogP contribution in [-0.2, 0) is 5.75 Å². The molecule has 11 heavy (non-hydrogen) atoms. The zero-order valence-electron chi connectivity index (χ0n) is 5.91. The van der Waals surface area contributed by atoms with Crippen molar-refractivity contribution in [2.45, 2.75) is 10.6 Å². The molecule has 1 aromatic rings. The van der Waals surface area contributed by atoms with E-state index < -0.39 is 0 Å². The van der Waals surface area contributed by atoms with E-state index in [4.69, 9.17) is 0 Å². The molecule has 1 aliphatic rings. The second kappa shape index (κ2) is 3.37. The summed E-state index contributed by atoms with van der Waals surface area (Å²) in [5.74, 6) is 1.08. The van der Waals surface area contributed by atoms with Gasteiger partial charge in [0.25, 0.3) is 0 Å². The van der Waals surface area contributed by atoms with E-state index in [9.17, 15) is 0 Å². The van der Waals surface area contributed by atoms with Crippen LogP contribution in [0.5, 0.6) is 0 Å². The smallest absolute Gasteiger partial charge is 0.0330 e. The van der Waals surface area contributed by atoms with Crippen LogP contribution in [0, 0.1) is 5.41 Å². The van der Waals surface area contributed by atoms with Crippen LogP contribution in [-0.4, -0.2) is 0 Å². The summed E-state index contributed by atoms with van der Waals surface area (Å²) in [6.45, 7) is 0. The summed E-state index contributed by atoms with van der Waals surface area (Å²) in [6, 6.07) is 8.48. The highest BCUT2D eigenvalue weighted by Crippen LogP contribution is 2.30. The van der Waals surface area contributed by atoms with Gasteiger partial charge in [-0.3, -0.25) is 0 Å². The second-order valence-electron chi connectivity index (χ2n) is 2.26. The van der Waals surface area contributed by atoms with E-state index in [0.717, 1.165) is 5.75 Å². The largest absolute Gasteiger partial charge is 0.128 e. The summed E-state index contributed by atoms with van der Waals surface area (Å²) >= 11 is 3.48. The Hall–Kier alpha value is -0.340. The minimum atomic E-state index is 1.08. The van der Waals surface area contributed by atoms with Crippen LogP contribution in [0.1, 0.15) is 5.56 Å². The highest BCUT2D eigenvalue weighted by Gasteiger charge is 2.02. The van der Waals surface area contributed by atoms with Gasteiger partial charge in [0.15, 0.2) is 0 Å². The van der Waals surface area contributed by atoms with Crippen molar-refractivity contribution in [2.24, 2.45) is 0 Å². The van der Waals surface area contributed by atoms with Crippen molar-refractivity contribution in [1.29, 1.82) is 0 Å². The van der Waals surface area contributed by atoms with Gasteiger partial charge in [-0.2, -0.15) is 0 Å². The van der Waals surface area contributed by atoms with Crippen LogP contribution in [0.25, 0.3) is 0 Å². The van der Waals surface area contributed by atoms with Crippen molar-refractivity contribution in [3.8, 4) is 0 Å². The van der Waals surface area contributed by atoms with Crippen molar-refractivity contribution in [3.05, 3.63) is 40.6 Å². The molecule has 1 radical (unpaired) electrons.